The standard InChI is InChI=1S/C15H19BrO/c1-10-14(7-8-15(10)16)11-3-2-4-13(9-11)17-12-5-6-12/h2-4,9-10,12,14-15H,5-8H2,1H3. The third-order valence-corrected chi connectivity index (χ3v) is 5.36. The number of ether oxygens (including phenoxy) is 1. The van der Waals surface area contributed by atoms with E-state index in [1.54, 1.807) is 0 Å². The van der Waals surface area contributed by atoms with E-state index in [0.717, 1.165) is 11.7 Å². The second-order valence-corrected chi connectivity index (χ2v) is 6.62. The molecule has 0 N–H and O–H groups in total. The Morgan fingerprint density at radius 3 is 2.65 bits per heavy atom. The van der Waals surface area contributed by atoms with Gasteiger partial charge in [0.15, 0.2) is 0 Å². The Hall–Kier alpha value is -0.500. The third-order valence-electron chi connectivity index (χ3n) is 4.07. The van der Waals surface area contributed by atoms with Crippen molar-refractivity contribution in [3.63, 3.8) is 0 Å². The molecule has 0 aliphatic heterocycles. The lowest BCUT2D eigenvalue weighted by molar-refractivity contribution is 0.302. The van der Waals surface area contributed by atoms with Crippen LogP contribution in [-0.4, -0.2) is 10.9 Å². The lowest BCUT2D eigenvalue weighted by atomic mass is 9.90. The zero-order valence-corrected chi connectivity index (χ0v) is 11.8. The van der Waals surface area contributed by atoms with Gasteiger partial charge in [0.05, 0.1) is 6.10 Å². The summed E-state index contributed by atoms with van der Waals surface area (Å²) >= 11 is 3.78. The van der Waals surface area contributed by atoms with Gasteiger partial charge in [0.1, 0.15) is 5.75 Å². The highest BCUT2D eigenvalue weighted by Crippen LogP contribution is 2.43. The molecule has 0 heterocycles. The molecule has 0 bridgehead atoms. The van der Waals surface area contributed by atoms with Crippen LogP contribution >= 0.6 is 15.9 Å². The van der Waals surface area contributed by atoms with Gasteiger partial charge in [-0.25, -0.2) is 0 Å². The Bertz CT molecular complexity index is 400. The van der Waals surface area contributed by atoms with E-state index in [4.69, 9.17) is 4.74 Å². The quantitative estimate of drug-likeness (QED) is 0.746. The van der Waals surface area contributed by atoms with E-state index in [2.05, 4.69) is 47.1 Å². The molecule has 17 heavy (non-hydrogen) atoms. The van der Waals surface area contributed by atoms with Crippen LogP contribution in [0.1, 0.15) is 44.1 Å². The maximum Gasteiger partial charge on any atom is 0.120 e. The first kappa shape index (κ1) is 11.6. The average Bonchev–Trinajstić information content (AvgIpc) is 3.07. The molecule has 2 fully saturated rings. The Labute approximate surface area is 112 Å². The fourth-order valence-corrected chi connectivity index (χ4v) is 3.42. The van der Waals surface area contributed by atoms with Crippen LogP contribution < -0.4 is 4.74 Å². The average molecular weight is 295 g/mol. The van der Waals surface area contributed by atoms with Crippen molar-refractivity contribution in [3.05, 3.63) is 29.8 Å². The highest BCUT2D eigenvalue weighted by molar-refractivity contribution is 9.09. The Morgan fingerprint density at radius 2 is 2.00 bits per heavy atom. The molecule has 2 heteroatoms. The molecule has 2 aliphatic rings. The topological polar surface area (TPSA) is 9.23 Å². The second-order valence-electron chi connectivity index (χ2n) is 5.45. The summed E-state index contributed by atoms with van der Waals surface area (Å²) in [5.74, 6) is 2.49. The summed E-state index contributed by atoms with van der Waals surface area (Å²) in [6, 6.07) is 8.74. The fourth-order valence-electron chi connectivity index (χ4n) is 2.78. The fraction of sp³-hybridized carbons (Fsp3) is 0.600. The highest BCUT2D eigenvalue weighted by Gasteiger charge is 2.32. The molecule has 0 spiro atoms. The Morgan fingerprint density at radius 1 is 1.18 bits per heavy atom. The normalized spacial score (nSPS) is 32.7. The molecule has 1 aromatic carbocycles. The van der Waals surface area contributed by atoms with E-state index in [1.807, 2.05) is 0 Å². The van der Waals surface area contributed by atoms with E-state index >= 15 is 0 Å². The van der Waals surface area contributed by atoms with Crippen molar-refractivity contribution in [2.24, 2.45) is 5.92 Å². The van der Waals surface area contributed by atoms with Gasteiger partial charge in [0, 0.05) is 4.83 Å². The van der Waals surface area contributed by atoms with E-state index in [1.165, 1.54) is 31.2 Å². The summed E-state index contributed by atoms with van der Waals surface area (Å²) in [7, 11) is 0. The predicted octanol–water partition coefficient (Wildman–Crippen LogP) is 4.50. The maximum atomic E-state index is 5.88. The molecule has 92 valence electrons. The summed E-state index contributed by atoms with van der Waals surface area (Å²) in [6.07, 6.45) is 5.54. The van der Waals surface area contributed by atoms with Crippen molar-refractivity contribution in [1.82, 2.24) is 0 Å². The largest absolute Gasteiger partial charge is 0.490 e. The van der Waals surface area contributed by atoms with Crippen LogP contribution in [0.2, 0.25) is 0 Å². The summed E-state index contributed by atoms with van der Waals surface area (Å²) in [4.78, 5) is 0.681. The Balaban J connectivity index is 1.77. The van der Waals surface area contributed by atoms with Gasteiger partial charge in [-0.1, -0.05) is 35.0 Å². The second kappa shape index (κ2) is 4.64. The van der Waals surface area contributed by atoms with Crippen LogP contribution in [0.15, 0.2) is 24.3 Å². The van der Waals surface area contributed by atoms with Gasteiger partial charge in [0.25, 0.3) is 0 Å². The first-order chi connectivity index (χ1) is 8.24. The van der Waals surface area contributed by atoms with Gasteiger partial charge in [-0.3, -0.25) is 0 Å². The number of hydrogen-bond donors (Lipinski definition) is 0. The van der Waals surface area contributed by atoms with Crippen LogP contribution in [0.5, 0.6) is 5.75 Å². The lowest BCUT2D eigenvalue weighted by Crippen LogP contribution is -2.09. The van der Waals surface area contributed by atoms with Crippen molar-refractivity contribution >= 4 is 15.9 Å². The Kier molecular flexibility index (Phi) is 3.16. The molecule has 3 unspecified atom stereocenters. The van der Waals surface area contributed by atoms with Crippen molar-refractivity contribution in [2.75, 3.05) is 0 Å². The van der Waals surface area contributed by atoms with Crippen LogP contribution in [0, 0.1) is 5.92 Å². The number of halogens is 1. The van der Waals surface area contributed by atoms with Crippen LogP contribution in [0.4, 0.5) is 0 Å². The van der Waals surface area contributed by atoms with Crippen molar-refractivity contribution in [1.29, 1.82) is 0 Å². The van der Waals surface area contributed by atoms with Gasteiger partial charge < -0.3 is 4.74 Å². The molecule has 0 aromatic heterocycles. The third kappa shape index (κ3) is 2.52. The molecule has 0 saturated heterocycles. The van der Waals surface area contributed by atoms with Crippen LogP contribution in [0.3, 0.4) is 0 Å². The predicted molar refractivity (Wildman–Crippen MR) is 73.9 cm³/mol. The molecule has 2 aliphatic carbocycles. The summed E-state index contributed by atoms with van der Waals surface area (Å²) in [5.41, 5.74) is 1.46. The molecule has 3 atom stereocenters. The summed E-state index contributed by atoms with van der Waals surface area (Å²) < 4.78 is 5.88. The van der Waals surface area contributed by atoms with Gasteiger partial charge in [0.2, 0.25) is 0 Å². The minimum absolute atomic E-state index is 0.496. The van der Waals surface area contributed by atoms with Gasteiger partial charge >= 0.3 is 0 Å². The number of alkyl halides is 1. The molecule has 1 nitrogen and oxygen atoms in total. The number of hydrogen-bond acceptors (Lipinski definition) is 1. The number of rotatable bonds is 3. The first-order valence-electron chi connectivity index (χ1n) is 6.65. The zero-order valence-electron chi connectivity index (χ0n) is 10.2. The molecular formula is C15H19BrO. The first-order valence-corrected chi connectivity index (χ1v) is 7.56. The van der Waals surface area contributed by atoms with Crippen molar-refractivity contribution in [2.45, 2.75) is 49.5 Å². The van der Waals surface area contributed by atoms with Gasteiger partial charge in [-0.15, -0.1) is 0 Å². The van der Waals surface area contributed by atoms with E-state index in [-0.39, 0.29) is 0 Å². The minimum atomic E-state index is 0.496. The molecule has 3 rings (SSSR count). The summed E-state index contributed by atoms with van der Waals surface area (Å²) in [5, 5.41) is 0. The summed E-state index contributed by atoms with van der Waals surface area (Å²) in [6.45, 7) is 2.35. The van der Waals surface area contributed by atoms with Gasteiger partial charge in [-0.05, 0) is 55.2 Å². The van der Waals surface area contributed by atoms with E-state index in [9.17, 15) is 0 Å². The van der Waals surface area contributed by atoms with E-state index in [0.29, 0.717) is 16.8 Å². The van der Waals surface area contributed by atoms with Crippen molar-refractivity contribution in [3.8, 4) is 5.75 Å². The smallest absolute Gasteiger partial charge is 0.120 e. The molecular weight excluding hydrogens is 276 g/mol. The van der Waals surface area contributed by atoms with Crippen molar-refractivity contribution < 1.29 is 4.74 Å². The highest BCUT2D eigenvalue weighted by atomic mass is 79.9. The van der Waals surface area contributed by atoms with Crippen LogP contribution in [-0.2, 0) is 0 Å². The molecule has 0 radical (unpaired) electrons. The van der Waals surface area contributed by atoms with Crippen LogP contribution in [0.25, 0.3) is 0 Å². The SMILES string of the molecule is CC1C(Br)CCC1c1cccc(OC2CC2)c1. The molecule has 2 saturated carbocycles. The maximum absolute atomic E-state index is 5.88. The van der Waals surface area contributed by atoms with E-state index < -0.39 is 0 Å². The molecule has 1 aromatic rings. The lowest BCUT2D eigenvalue weighted by Gasteiger charge is -2.18. The monoisotopic (exact) mass is 294 g/mol. The van der Waals surface area contributed by atoms with Gasteiger partial charge in [-0.2, -0.15) is 0 Å². The zero-order chi connectivity index (χ0) is 11.8. The minimum Gasteiger partial charge on any atom is -0.490 e. The number of benzene rings is 1. The molecule has 0 amide bonds.